The van der Waals surface area contributed by atoms with Gasteiger partial charge in [-0.3, -0.25) is 9.59 Å². The van der Waals surface area contributed by atoms with Crippen molar-refractivity contribution in [2.24, 2.45) is 5.41 Å². The van der Waals surface area contributed by atoms with Crippen molar-refractivity contribution in [1.29, 1.82) is 0 Å². The summed E-state index contributed by atoms with van der Waals surface area (Å²) in [4.78, 5) is 27.2. The molecule has 3 aromatic rings. The molecule has 2 aromatic carbocycles. The van der Waals surface area contributed by atoms with Gasteiger partial charge >= 0.3 is 6.18 Å². The molecule has 1 N–H and O–H groups in total. The fourth-order valence-electron chi connectivity index (χ4n) is 4.52. The highest BCUT2D eigenvalue weighted by Gasteiger charge is 2.45. The Labute approximate surface area is 188 Å². The van der Waals surface area contributed by atoms with Crippen LogP contribution in [0, 0.1) is 5.41 Å². The highest BCUT2D eigenvalue weighted by Crippen LogP contribution is 2.53. The molecule has 0 atom stereocenters. The van der Waals surface area contributed by atoms with Crippen molar-refractivity contribution < 1.29 is 22.8 Å². The number of rotatable bonds is 4. The van der Waals surface area contributed by atoms with E-state index in [9.17, 15) is 22.8 Å². The third-order valence-corrected chi connectivity index (χ3v) is 6.78. The van der Waals surface area contributed by atoms with Crippen molar-refractivity contribution in [3.05, 3.63) is 59.8 Å². The topological polar surface area (TPSA) is 67.2 Å². The average molecular weight is 456 g/mol. The van der Waals surface area contributed by atoms with Gasteiger partial charge in [0.1, 0.15) is 5.52 Å². The minimum Gasteiger partial charge on any atom is -0.343 e. The van der Waals surface area contributed by atoms with Gasteiger partial charge in [-0.1, -0.05) is 18.2 Å². The number of aromatic nitrogens is 2. The molecule has 172 valence electrons. The lowest BCUT2D eigenvalue weighted by molar-refractivity contribution is -0.136. The number of fused-ring (bicyclic) bond motifs is 1. The van der Waals surface area contributed by atoms with Crippen molar-refractivity contribution >= 4 is 22.7 Å². The zero-order valence-electron chi connectivity index (χ0n) is 17.9. The summed E-state index contributed by atoms with van der Waals surface area (Å²) in [6.07, 6.45) is 1.23. The number of nitrogens with zero attached hydrogens (tertiary/aromatic N) is 3. The Morgan fingerprint density at radius 3 is 2.33 bits per heavy atom. The van der Waals surface area contributed by atoms with E-state index in [1.807, 2.05) is 0 Å². The number of alkyl halides is 3. The number of hydrogen-bond acceptors (Lipinski definition) is 3. The molecular formula is C24H23F3N4O2. The summed E-state index contributed by atoms with van der Waals surface area (Å²) in [7, 11) is 0. The fourth-order valence-corrected chi connectivity index (χ4v) is 4.52. The Bertz CT molecular complexity index is 1210. The highest BCUT2D eigenvalue weighted by atomic mass is 19.4. The second-order valence-electron chi connectivity index (χ2n) is 8.89. The van der Waals surface area contributed by atoms with Crippen molar-refractivity contribution in [2.75, 3.05) is 19.6 Å². The maximum atomic E-state index is 13.6. The van der Waals surface area contributed by atoms with Crippen molar-refractivity contribution in [2.45, 2.75) is 31.9 Å². The van der Waals surface area contributed by atoms with Crippen LogP contribution in [0.2, 0.25) is 0 Å². The summed E-state index contributed by atoms with van der Waals surface area (Å²) in [5.74, 6) is -0.785. The van der Waals surface area contributed by atoms with Crippen molar-refractivity contribution in [3.8, 4) is 5.69 Å². The molecule has 1 aliphatic carbocycles. The quantitative estimate of drug-likeness (QED) is 0.641. The Kier molecular flexibility index (Phi) is 5.14. The fraction of sp³-hybridized carbons (Fsp3) is 0.375. The molecule has 1 aromatic heterocycles. The third-order valence-electron chi connectivity index (χ3n) is 6.78. The van der Waals surface area contributed by atoms with Crippen LogP contribution in [0.1, 0.15) is 41.6 Å². The number of para-hydroxylation sites is 1. The predicted molar refractivity (Wildman–Crippen MR) is 116 cm³/mol. The molecule has 1 saturated heterocycles. The first-order chi connectivity index (χ1) is 15.8. The van der Waals surface area contributed by atoms with E-state index in [0.717, 1.165) is 25.0 Å². The summed E-state index contributed by atoms with van der Waals surface area (Å²) in [6, 6.07) is 10.7. The Morgan fingerprint density at radius 1 is 1.00 bits per heavy atom. The van der Waals surface area contributed by atoms with Crippen LogP contribution in [0.5, 0.6) is 0 Å². The standard InChI is InChI=1S/C24H23F3N4O2/c25-24(26,27)19-7-6-17(18-15-31(29-21(18)19)16-4-2-1-3-5-16)22(33)28-14-20(32)30-12-10-23(8-9-23)11-13-30/h1-7,15H,8-14H2,(H,28,33). The Hall–Kier alpha value is -3.36. The van der Waals surface area contributed by atoms with Gasteiger partial charge in [0.15, 0.2) is 0 Å². The summed E-state index contributed by atoms with van der Waals surface area (Å²) in [5.41, 5.74) is -0.172. The first-order valence-electron chi connectivity index (χ1n) is 11.0. The van der Waals surface area contributed by atoms with Crippen LogP contribution < -0.4 is 5.32 Å². The molecule has 1 aliphatic heterocycles. The molecule has 9 heteroatoms. The number of likely N-dealkylation sites (tertiary alicyclic amines) is 1. The number of carbonyl (C=O) groups excluding carboxylic acids is 2. The minimum absolute atomic E-state index is 0.0450. The van der Waals surface area contributed by atoms with Gasteiger partial charge in [-0.2, -0.15) is 18.3 Å². The molecular weight excluding hydrogens is 433 g/mol. The van der Waals surface area contributed by atoms with E-state index >= 15 is 0 Å². The summed E-state index contributed by atoms with van der Waals surface area (Å²) >= 11 is 0. The van der Waals surface area contributed by atoms with Crippen LogP contribution in [0.15, 0.2) is 48.7 Å². The summed E-state index contributed by atoms with van der Waals surface area (Å²) in [6.45, 7) is 1.17. The Morgan fingerprint density at radius 2 is 1.70 bits per heavy atom. The zero-order chi connectivity index (χ0) is 23.2. The van der Waals surface area contributed by atoms with Gasteiger partial charge in [-0.05, 0) is 55.4 Å². The molecule has 0 bridgehead atoms. The van der Waals surface area contributed by atoms with E-state index in [4.69, 9.17) is 0 Å². The highest BCUT2D eigenvalue weighted by molar-refractivity contribution is 6.07. The van der Waals surface area contributed by atoms with Gasteiger partial charge in [-0.15, -0.1) is 0 Å². The number of hydrogen-bond donors (Lipinski definition) is 1. The lowest BCUT2D eigenvalue weighted by Gasteiger charge is -2.32. The first kappa shape index (κ1) is 21.5. The third kappa shape index (κ3) is 4.19. The van der Waals surface area contributed by atoms with Crippen molar-refractivity contribution in [3.63, 3.8) is 0 Å². The van der Waals surface area contributed by atoms with E-state index in [1.165, 1.54) is 23.7 Å². The largest absolute Gasteiger partial charge is 0.418 e. The predicted octanol–water partition coefficient (Wildman–Crippen LogP) is 4.18. The second kappa shape index (κ2) is 7.90. The first-order valence-corrected chi connectivity index (χ1v) is 11.0. The maximum absolute atomic E-state index is 13.6. The number of amides is 2. The lowest BCUT2D eigenvalue weighted by atomic mass is 9.94. The molecule has 5 rings (SSSR count). The lowest BCUT2D eigenvalue weighted by Crippen LogP contribution is -2.44. The van der Waals surface area contributed by atoms with Crippen LogP contribution in [0.3, 0.4) is 0 Å². The molecule has 0 radical (unpaired) electrons. The number of benzene rings is 2. The molecule has 6 nitrogen and oxygen atoms in total. The molecule has 2 aliphatic rings. The van der Waals surface area contributed by atoms with E-state index in [2.05, 4.69) is 10.4 Å². The molecule has 2 fully saturated rings. The van der Waals surface area contributed by atoms with Crippen LogP contribution in [0.4, 0.5) is 13.2 Å². The van der Waals surface area contributed by atoms with E-state index in [0.29, 0.717) is 24.2 Å². The zero-order valence-corrected chi connectivity index (χ0v) is 17.9. The van der Waals surface area contributed by atoms with Crippen LogP contribution in [-0.4, -0.2) is 46.1 Å². The molecule has 33 heavy (non-hydrogen) atoms. The second-order valence-corrected chi connectivity index (χ2v) is 8.89. The van der Waals surface area contributed by atoms with Crippen LogP contribution >= 0.6 is 0 Å². The van der Waals surface area contributed by atoms with Gasteiger partial charge in [0, 0.05) is 24.7 Å². The van der Waals surface area contributed by atoms with Gasteiger partial charge in [0.2, 0.25) is 5.91 Å². The number of piperidine rings is 1. The van der Waals surface area contributed by atoms with Gasteiger partial charge in [0.05, 0.1) is 23.4 Å². The van der Waals surface area contributed by atoms with Crippen LogP contribution in [0.25, 0.3) is 16.6 Å². The van der Waals surface area contributed by atoms with E-state index in [1.54, 1.807) is 35.2 Å². The number of nitrogens with one attached hydrogen (secondary N) is 1. The average Bonchev–Trinajstić information content (AvgIpc) is 3.40. The summed E-state index contributed by atoms with van der Waals surface area (Å²) in [5, 5.41) is 6.78. The van der Waals surface area contributed by atoms with Crippen molar-refractivity contribution in [1.82, 2.24) is 20.0 Å². The maximum Gasteiger partial charge on any atom is 0.418 e. The number of carbonyl (C=O) groups is 2. The molecule has 1 spiro atoms. The van der Waals surface area contributed by atoms with Gasteiger partial charge < -0.3 is 10.2 Å². The minimum atomic E-state index is -4.62. The molecule has 0 unspecified atom stereocenters. The van der Waals surface area contributed by atoms with E-state index in [-0.39, 0.29) is 28.9 Å². The summed E-state index contributed by atoms with van der Waals surface area (Å²) < 4.78 is 42.1. The van der Waals surface area contributed by atoms with E-state index < -0.39 is 17.6 Å². The normalized spacial score (nSPS) is 17.4. The SMILES string of the molecule is O=C(NCC(=O)N1CCC2(CC1)CC2)c1ccc(C(F)(F)F)c2nn(-c3ccccc3)cc12. The number of halogens is 3. The molecule has 2 amide bonds. The van der Waals surface area contributed by atoms with Gasteiger partial charge in [-0.25, -0.2) is 4.68 Å². The van der Waals surface area contributed by atoms with Crippen LogP contribution in [-0.2, 0) is 11.0 Å². The molecule has 1 saturated carbocycles. The smallest absolute Gasteiger partial charge is 0.343 e. The Balaban J connectivity index is 1.38. The van der Waals surface area contributed by atoms with Gasteiger partial charge in [0.25, 0.3) is 5.91 Å². The monoisotopic (exact) mass is 456 g/mol. The molecule has 2 heterocycles.